The summed E-state index contributed by atoms with van der Waals surface area (Å²) >= 11 is 0. The highest BCUT2D eigenvalue weighted by atomic mass is 16.3. The van der Waals surface area contributed by atoms with Gasteiger partial charge in [-0.05, 0) is 68.0 Å². The summed E-state index contributed by atoms with van der Waals surface area (Å²) in [7, 11) is 0. The van der Waals surface area contributed by atoms with Crippen molar-refractivity contribution in [2.75, 3.05) is 13.1 Å². The normalized spacial score (nSPS) is 16.2. The van der Waals surface area contributed by atoms with Crippen LogP contribution in [0.4, 0.5) is 0 Å². The van der Waals surface area contributed by atoms with Crippen molar-refractivity contribution in [1.82, 2.24) is 25.3 Å². The Hall–Kier alpha value is -4.27. The van der Waals surface area contributed by atoms with Gasteiger partial charge in [-0.15, -0.1) is 0 Å². The quantitative estimate of drug-likeness (QED) is 0.226. The van der Waals surface area contributed by atoms with Gasteiger partial charge in [-0.2, -0.15) is 5.10 Å². The van der Waals surface area contributed by atoms with Crippen LogP contribution < -0.4 is 10.6 Å². The molecule has 2 heterocycles. The van der Waals surface area contributed by atoms with Crippen LogP contribution in [0.15, 0.2) is 91.3 Å². The fourth-order valence-electron chi connectivity index (χ4n) is 5.82. The molecule has 1 aliphatic heterocycles. The number of carbonyl (C=O) groups excluding carboxylic acids is 2. The fourth-order valence-corrected chi connectivity index (χ4v) is 5.82. The molecule has 3 aromatic carbocycles. The van der Waals surface area contributed by atoms with E-state index in [1.165, 1.54) is 0 Å². The van der Waals surface area contributed by atoms with Crippen molar-refractivity contribution >= 4 is 11.8 Å². The first-order chi connectivity index (χ1) is 20.9. The molecule has 1 fully saturated rings. The highest BCUT2D eigenvalue weighted by molar-refractivity contribution is 6.00. The van der Waals surface area contributed by atoms with E-state index in [0.717, 1.165) is 41.6 Å². The van der Waals surface area contributed by atoms with Gasteiger partial charge >= 0.3 is 0 Å². The van der Waals surface area contributed by atoms with Crippen molar-refractivity contribution in [3.63, 3.8) is 0 Å². The molecule has 43 heavy (non-hydrogen) atoms. The average Bonchev–Trinajstić information content (AvgIpc) is 3.71. The van der Waals surface area contributed by atoms with Gasteiger partial charge in [0.05, 0.1) is 24.4 Å². The molecule has 5 rings (SSSR count). The monoisotopic (exact) mass is 579 g/mol. The predicted molar refractivity (Wildman–Crippen MR) is 168 cm³/mol. The minimum Gasteiger partial charge on any atom is -0.390 e. The lowest BCUT2D eigenvalue weighted by atomic mass is 9.99. The summed E-state index contributed by atoms with van der Waals surface area (Å²) in [5.41, 5.74) is 4.91. The second-order valence-corrected chi connectivity index (χ2v) is 11.3. The molecule has 2 unspecified atom stereocenters. The second kappa shape index (κ2) is 14.3. The van der Waals surface area contributed by atoms with Crippen molar-refractivity contribution in [1.29, 1.82) is 0 Å². The van der Waals surface area contributed by atoms with Gasteiger partial charge in [-0.1, -0.05) is 60.7 Å². The number of amides is 2. The Morgan fingerprint density at radius 3 is 2.44 bits per heavy atom. The van der Waals surface area contributed by atoms with Crippen LogP contribution in [0.1, 0.15) is 68.8 Å². The topological polar surface area (TPSA) is 99.5 Å². The Balaban J connectivity index is 1.30. The summed E-state index contributed by atoms with van der Waals surface area (Å²) in [5.74, 6) is -0.386. The van der Waals surface area contributed by atoms with Crippen LogP contribution in [0.25, 0.3) is 0 Å². The number of nitrogens with zero attached hydrogens (tertiary/aromatic N) is 3. The molecule has 0 bridgehead atoms. The molecule has 1 aromatic heterocycles. The highest BCUT2D eigenvalue weighted by Crippen LogP contribution is 2.33. The second-order valence-electron chi connectivity index (χ2n) is 11.3. The van der Waals surface area contributed by atoms with E-state index in [4.69, 9.17) is 0 Å². The molecule has 1 saturated heterocycles. The van der Waals surface area contributed by atoms with Crippen molar-refractivity contribution in [3.05, 3.63) is 125 Å². The third-order valence-electron chi connectivity index (χ3n) is 8.06. The van der Waals surface area contributed by atoms with Gasteiger partial charge in [0.15, 0.2) is 0 Å². The lowest BCUT2D eigenvalue weighted by molar-refractivity contribution is 0.0735. The van der Waals surface area contributed by atoms with Crippen molar-refractivity contribution < 1.29 is 14.7 Å². The zero-order valence-electron chi connectivity index (χ0n) is 24.9. The molecule has 0 spiro atoms. The number of hydrogen-bond donors (Lipinski definition) is 3. The van der Waals surface area contributed by atoms with E-state index >= 15 is 0 Å². The molecular formula is C35H41N5O3. The summed E-state index contributed by atoms with van der Waals surface area (Å²) in [5, 5.41) is 21.9. The Kier molecular flexibility index (Phi) is 10.0. The molecule has 8 heteroatoms. The van der Waals surface area contributed by atoms with Crippen LogP contribution in [-0.4, -0.2) is 56.8 Å². The molecular weight excluding hydrogens is 538 g/mol. The third kappa shape index (κ3) is 7.77. The number of aromatic nitrogens is 2. The standard InChI is InChI=1S/C35H41N5O3/c1-3-39-24-27(22-37-39)21-36-23-33(41)31(19-26-11-6-4-7-12-26)38-34(42)29-17-25(2)18-30(20-29)35(43)40-16-10-15-32(40)28-13-8-5-9-14-28/h4-9,11-14,17-18,20,22,24,31-33,36,41H,3,10,15-16,19,21,23H2,1-2H3,(H,38,42)/t31?,32?,33-/m1/s1. The molecule has 3 N–H and O–H groups in total. The minimum atomic E-state index is -0.840. The number of benzene rings is 3. The molecule has 8 nitrogen and oxygen atoms in total. The van der Waals surface area contributed by atoms with Crippen LogP contribution in [-0.2, 0) is 19.5 Å². The summed E-state index contributed by atoms with van der Waals surface area (Å²) in [6, 6.07) is 24.7. The maximum Gasteiger partial charge on any atom is 0.254 e. The molecule has 0 radical (unpaired) electrons. The maximum absolute atomic E-state index is 13.7. The van der Waals surface area contributed by atoms with E-state index in [-0.39, 0.29) is 17.9 Å². The van der Waals surface area contributed by atoms with Crippen LogP contribution in [0, 0.1) is 6.92 Å². The van der Waals surface area contributed by atoms with Crippen molar-refractivity contribution in [2.24, 2.45) is 0 Å². The summed E-state index contributed by atoms with van der Waals surface area (Å²) in [6.45, 7) is 6.27. The maximum atomic E-state index is 13.7. The summed E-state index contributed by atoms with van der Waals surface area (Å²) < 4.78 is 1.86. The number of carbonyl (C=O) groups is 2. The molecule has 0 saturated carbocycles. The van der Waals surface area contributed by atoms with Crippen LogP contribution in [0.2, 0.25) is 0 Å². The molecule has 2 amide bonds. The smallest absolute Gasteiger partial charge is 0.254 e. The number of hydrogen-bond acceptors (Lipinski definition) is 5. The average molecular weight is 580 g/mol. The molecule has 1 aliphatic rings. The number of likely N-dealkylation sites (tertiary alicyclic amines) is 1. The molecule has 4 aromatic rings. The van der Waals surface area contributed by atoms with Gasteiger partial charge in [-0.25, -0.2) is 0 Å². The van der Waals surface area contributed by atoms with Gasteiger partial charge in [-0.3, -0.25) is 14.3 Å². The Morgan fingerprint density at radius 1 is 1.00 bits per heavy atom. The van der Waals surface area contributed by atoms with Crippen LogP contribution >= 0.6 is 0 Å². The number of aliphatic hydroxyl groups is 1. The van der Waals surface area contributed by atoms with E-state index in [1.807, 2.05) is 90.4 Å². The lowest BCUT2D eigenvalue weighted by Gasteiger charge is -2.26. The predicted octanol–water partition coefficient (Wildman–Crippen LogP) is 4.68. The van der Waals surface area contributed by atoms with Gasteiger partial charge in [0.2, 0.25) is 0 Å². The Labute approximate surface area is 253 Å². The van der Waals surface area contributed by atoms with Gasteiger partial charge in [0.25, 0.3) is 11.8 Å². The van der Waals surface area contributed by atoms with E-state index < -0.39 is 12.1 Å². The van der Waals surface area contributed by atoms with E-state index in [0.29, 0.717) is 37.2 Å². The zero-order valence-corrected chi connectivity index (χ0v) is 24.9. The van der Waals surface area contributed by atoms with Crippen molar-refractivity contribution in [3.8, 4) is 0 Å². The van der Waals surface area contributed by atoms with Crippen molar-refractivity contribution in [2.45, 2.75) is 64.4 Å². The minimum absolute atomic E-state index is 0.0284. The number of aliphatic hydroxyl groups excluding tert-OH is 1. The first kappa shape index (κ1) is 30.2. The number of rotatable bonds is 12. The first-order valence-corrected chi connectivity index (χ1v) is 15.1. The fraction of sp³-hybridized carbons (Fsp3) is 0.343. The molecule has 3 atom stereocenters. The zero-order chi connectivity index (χ0) is 30.2. The van der Waals surface area contributed by atoms with Crippen LogP contribution in [0.5, 0.6) is 0 Å². The van der Waals surface area contributed by atoms with E-state index in [9.17, 15) is 14.7 Å². The summed E-state index contributed by atoms with van der Waals surface area (Å²) in [4.78, 5) is 29.3. The van der Waals surface area contributed by atoms with Gasteiger partial charge in [0.1, 0.15) is 0 Å². The number of aryl methyl sites for hydroxylation is 2. The Morgan fingerprint density at radius 2 is 1.72 bits per heavy atom. The van der Waals surface area contributed by atoms with E-state index in [2.05, 4.69) is 27.9 Å². The lowest BCUT2D eigenvalue weighted by Crippen LogP contribution is -2.48. The van der Waals surface area contributed by atoms with Gasteiger partial charge < -0.3 is 20.6 Å². The molecule has 224 valence electrons. The van der Waals surface area contributed by atoms with Crippen LogP contribution in [0.3, 0.4) is 0 Å². The molecule has 0 aliphatic carbocycles. The SMILES string of the molecule is CCn1cc(CNC[C@@H](O)C(Cc2ccccc2)NC(=O)c2cc(C)cc(C(=O)N3CCCC3c3ccccc3)c2)cn1. The third-order valence-corrected chi connectivity index (χ3v) is 8.06. The first-order valence-electron chi connectivity index (χ1n) is 15.1. The summed E-state index contributed by atoms with van der Waals surface area (Å²) in [6.07, 6.45) is 5.28. The van der Waals surface area contributed by atoms with E-state index in [1.54, 1.807) is 12.1 Å². The Bertz CT molecular complexity index is 1500. The number of nitrogens with one attached hydrogen (secondary N) is 2. The highest BCUT2D eigenvalue weighted by Gasteiger charge is 2.31. The largest absolute Gasteiger partial charge is 0.390 e. The van der Waals surface area contributed by atoms with Gasteiger partial charge in [0, 0.05) is 49.1 Å².